The van der Waals surface area contributed by atoms with Gasteiger partial charge in [0.2, 0.25) is 0 Å². The van der Waals surface area contributed by atoms with Gasteiger partial charge in [-0.2, -0.15) is 8.75 Å². The average Bonchev–Trinajstić information content (AvgIpc) is 3.28. The second kappa shape index (κ2) is 8.02. The number of anilines is 3. The predicted octanol–water partition coefficient (Wildman–Crippen LogP) is 4.19. The van der Waals surface area contributed by atoms with Crippen LogP contribution in [0.15, 0.2) is 71.6 Å². The van der Waals surface area contributed by atoms with Crippen LogP contribution in [-0.2, 0) is 10.0 Å². The molecule has 2 heterocycles. The summed E-state index contributed by atoms with van der Waals surface area (Å²) in [4.78, 5) is 9.12. The second-order valence-corrected chi connectivity index (χ2v) is 8.94. The molecule has 3 aromatic carbocycles. The van der Waals surface area contributed by atoms with Gasteiger partial charge in [0, 0.05) is 11.8 Å². The Morgan fingerprint density at radius 2 is 1.56 bits per heavy atom. The van der Waals surface area contributed by atoms with Crippen molar-refractivity contribution in [2.24, 2.45) is 0 Å². The van der Waals surface area contributed by atoms with Gasteiger partial charge >= 0.3 is 0 Å². The number of methoxy groups -OCH3 is 1. The molecule has 0 aliphatic rings. The van der Waals surface area contributed by atoms with Crippen molar-refractivity contribution >= 4 is 61.1 Å². The van der Waals surface area contributed by atoms with Gasteiger partial charge in [0.05, 0.1) is 29.9 Å². The summed E-state index contributed by atoms with van der Waals surface area (Å²) < 4.78 is 42.6. The van der Waals surface area contributed by atoms with E-state index in [0.717, 1.165) is 11.7 Å². The molecular formula is C21H16N6O3S2. The summed E-state index contributed by atoms with van der Waals surface area (Å²) in [5, 5.41) is 3.14. The summed E-state index contributed by atoms with van der Waals surface area (Å²) in [5.74, 6) is 0.962. The van der Waals surface area contributed by atoms with Crippen molar-refractivity contribution in [1.29, 1.82) is 0 Å². The molecule has 2 aromatic heterocycles. The molecule has 2 N–H and O–H groups in total. The van der Waals surface area contributed by atoms with Gasteiger partial charge in [0.1, 0.15) is 21.7 Å². The third-order valence-electron chi connectivity index (χ3n) is 4.67. The highest BCUT2D eigenvalue weighted by molar-refractivity contribution is 7.93. The van der Waals surface area contributed by atoms with Crippen LogP contribution in [0.5, 0.6) is 5.75 Å². The lowest BCUT2D eigenvalue weighted by Crippen LogP contribution is -2.16. The van der Waals surface area contributed by atoms with Gasteiger partial charge in [-0.25, -0.2) is 18.4 Å². The first-order chi connectivity index (χ1) is 15.5. The van der Waals surface area contributed by atoms with Gasteiger partial charge in [-0.05, 0) is 36.4 Å². The zero-order chi connectivity index (χ0) is 22.1. The molecule has 0 atom stereocenters. The molecule has 0 saturated heterocycles. The van der Waals surface area contributed by atoms with Gasteiger partial charge in [-0.15, -0.1) is 0 Å². The Balaban J connectivity index is 1.60. The maximum Gasteiger partial charge on any atom is 0.265 e. The summed E-state index contributed by atoms with van der Waals surface area (Å²) in [6, 6.07) is 19.3. The minimum Gasteiger partial charge on any atom is -0.497 e. The number of sulfonamides is 1. The molecule has 0 aliphatic heterocycles. The van der Waals surface area contributed by atoms with E-state index in [0.29, 0.717) is 33.5 Å². The molecule has 5 rings (SSSR count). The van der Waals surface area contributed by atoms with Gasteiger partial charge in [-0.3, -0.25) is 4.72 Å². The van der Waals surface area contributed by atoms with Crippen LogP contribution in [0.4, 0.5) is 17.3 Å². The fraction of sp³-hybridized carbons (Fsp3) is 0.0476. The summed E-state index contributed by atoms with van der Waals surface area (Å²) in [7, 11) is -2.45. The van der Waals surface area contributed by atoms with Crippen molar-refractivity contribution in [2.75, 3.05) is 17.1 Å². The SMILES string of the molecule is COc1cccc(Nc2nc3ccccc3nc2NS(=O)(=O)c2cccc3nsnc23)c1. The summed E-state index contributed by atoms with van der Waals surface area (Å²) in [6.45, 7) is 0. The zero-order valence-corrected chi connectivity index (χ0v) is 18.3. The number of nitrogens with zero attached hydrogens (tertiary/aromatic N) is 4. The van der Waals surface area contributed by atoms with Gasteiger partial charge in [0.25, 0.3) is 10.0 Å². The highest BCUT2D eigenvalue weighted by atomic mass is 32.2. The number of ether oxygens (including phenoxy) is 1. The monoisotopic (exact) mass is 464 g/mol. The molecule has 0 aliphatic carbocycles. The maximum absolute atomic E-state index is 13.3. The smallest absolute Gasteiger partial charge is 0.265 e. The largest absolute Gasteiger partial charge is 0.497 e. The van der Waals surface area contributed by atoms with E-state index in [-0.39, 0.29) is 16.5 Å². The van der Waals surface area contributed by atoms with Gasteiger partial charge in [0.15, 0.2) is 11.6 Å². The fourth-order valence-electron chi connectivity index (χ4n) is 3.18. The van der Waals surface area contributed by atoms with Gasteiger partial charge < -0.3 is 10.1 Å². The lowest BCUT2D eigenvalue weighted by Gasteiger charge is -2.14. The van der Waals surface area contributed by atoms with Crippen LogP contribution in [0.3, 0.4) is 0 Å². The molecule has 0 unspecified atom stereocenters. The number of hydrogen-bond acceptors (Lipinski definition) is 9. The third kappa shape index (κ3) is 3.79. The number of aromatic nitrogens is 4. The normalized spacial score (nSPS) is 11.5. The standard InChI is InChI=1S/C21H16N6O3S2/c1-30-14-7-4-6-13(12-14)22-20-21(24-16-9-3-2-8-15(16)23-20)27-32(28,29)18-11-5-10-17-19(18)26-31-25-17/h2-12H,1H3,(H,22,23)(H,24,27). The van der Waals surface area contributed by atoms with Gasteiger partial charge in [-0.1, -0.05) is 24.3 Å². The molecule has 0 saturated carbocycles. The molecule has 0 bridgehead atoms. The number of nitrogens with one attached hydrogen (secondary N) is 2. The predicted molar refractivity (Wildman–Crippen MR) is 124 cm³/mol. The summed E-state index contributed by atoms with van der Waals surface area (Å²) in [6.07, 6.45) is 0. The van der Waals surface area contributed by atoms with E-state index in [1.54, 1.807) is 37.4 Å². The molecular weight excluding hydrogens is 448 g/mol. The molecule has 0 radical (unpaired) electrons. The minimum absolute atomic E-state index is 0.0195. The number of rotatable bonds is 6. The molecule has 0 spiro atoms. The Labute approximate surface area is 187 Å². The number of hydrogen-bond donors (Lipinski definition) is 2. The van der Waals surface area contributed by atoms with Crippen molar-refractivity contribution in [2.45, 2.75) is 4.90 Å². The van der Waals surface area contributed by atoms with Crippen LogP contribution in [0, 0.1) is 0 Å². The Morgan fingerprint density at radius 3 is 2.34 bits per heavy atom. The number of benzene rings is 3. The number of fused-ring (bicyclic) bond motifs is 2. The van der Waals surface area contributed by atoms with Crippen LogP contribution in [0.2, 0.25) is 0 Å². The van der Waals surface area contributed by atoms with E-state index in [9.17, 15) is 8.42 Å². The van der Waals surface area contributed by atoms with Crippen molar-refractivity contribution in [3.05, 3.63) is 66.7 Å². The van der Waals surface area contributed by atoms with E-state index in [1.165, 1.54) is 6.07 Å². The highest BCUT2D eigenvalue weighted by Crippen LogP contribution is 2.29. The van der Waals surface area contributed by atoms with E-state index in [2.05, 4.69) is 28.8 Å². The first-order valence-corrected chi connectivity index (χ1v) is 11.7. The first kappa shape index (κ1) is 20.1. The summed E-state index contributed by atoms with van der Waals surface area (Å²) >= 11 is 0.955. The quantitative estimate of drug-likeness (QED) is 0.384. The van der Waals surface area contributed by atoms with E-state index < -0.39 is 10.0 Å². The van der Waals surface area contributed by atoms with Crippen molar-refractivity contribution in [3.8, 4) is 5.75 Å². The second-order valence-electron chi connectivity index (χ2n) is 6.76. The number of para-hydroxylation sites is 2. The van der Waals surface area contributed by atoms with Crippen LogP contribution in [0.1, 0.15) is 0 Å². The lowest BCUT2D eigenvalue weighted by molar-refractivity contribution is 0.415. The van der Waals surface area contributed by atoms with Crippen LogP contribution in [0.25, 0.3) is 22.1 Å². The lowest BCUT2D eigenvalue weighted by atomic mass is 10.3. The Bertz CT molecular complexity index is 1550. The molecule has 5 aromatic rings. The topological polar surface area (TPSA) is 119 Å². The first-order valence-electron chi connectivity index (χ1n) is 9.45. The Hall–Kier alpha value is -3.83. The van der Waals surface area contributed by atoms with E-state index in [4.69, 9.17) is 4.74 Å². The van der Waals surface area contributed by atoms with Crippen molar-refractivity contribution in [3.63, 3.8) is 0 Å². The molecule has 32 heavy (non-hydrogen) atoms. The molecule has 0 fully saturated rings. The molecule has 11 heteroatoms. The minimum atomic E-state index is -4.02. The maximum atomic E-state index is 13.3. The third-order valence-corrected chi connectivity index (χ3v) is 6.59. The van der Waals surface area contributed by atoms with Crippen molar-refractivity contribution < 1.29 is 13.2 Å². The molecule has 9 nitrogen and oxygen atoms in total. The molecule has 160 valence electrons. The van der Waals surface area contributed by atoms with E-state index in [1.807, 2.05) is 30.3 Å². The van der Waals surface area contributed by atoms with Crippen LogP contribution < -0.4 is 14.8 Å². The average molecular weight is 465 g/mol. The van der Waals surface area contributed by atoms with Crippen LogP contribution >= 0.6 is 11.7 Å². The summed E-state index contributed by atoms with van der Waals surface area (Å²) in [5.41, 5.74) is 2.65. The molecule has 0 amide bonds. The fourth-order valence-corrected chi connectivity index (χ4v) is 4.95. The zero-order valence-electron chi connectivity index (χ0n) is 16.7. The Kier molecular flexibility index (Phi) is 5.04. The Morgan fingerprint density at radius 1 is 0.844 bits per heavy atom. The van der Waals surface area contributed by atoms with Crippen LogP contribution in [-0.4, -0.2) is 34.2 Å². The highest BCUT2D eigenvalue weighted by Gasteiger charge is 2.23. The van der Waals surface area contributed by atoms with E-state index >= 15 is 0 Å². The van der Waals surface area contributed by atoms with Crippen molar-refractivity contribution in [1.82, 2.24) is 18.7 Å².